The van der Waals surface area contributed by atoms with E-state index in [0.29, 0.717) is 0 Å². The fourth-order valence-electron chi connectivity index (χ4n) is 4.26. The number of unbranched alkanes of at least 4 members (excludes halogenated alkanes) is 14. The van der Waals surface area contributed by atoms with Crippen molar-refractivity contribution in [2.24, 2.45) is 0 Å². The molecule has 0 aromatic carbocycles. The van der Waals surface area contributed by atoms with Crippen molar-refractivity contribution >= 4 is 12.4 Å². The van der Waals surface area contributed by atoms with Crippen molar-refractivity contribution in [3.63, 3.8) is 0 Å². The van der Waals surface area contributed by atoms with E-state index in [0.717, 1.165) is 30.7 Å². The van der Waals surface area contributed by atoms with Crippen molar-refractivity contribution in [2.45, 2.75) is 117 Å². The highest BCUT2D eigenvalue weighted by atomic mass is 35.5. The molecule has 0 fully saturated rings. The summed E-state index contributed by atoms with van der Waals surface area (Å²) in [5, 5.41) is 19.1. The lowest BCUT2D eigenvalue weighted by Gasteiger charge is -2.38. The zero-order chi connectivity index (χ0) is 20.1. The first-order valence-electron chi connectivity index (χ1n) is 12.3. The van der Waals surface area contributed by atoms with Crippen molar-refractivity contribution in [2.75, 3.05) is 39.4 Å². The molecule has 0 aromatic heterocycles. The molecule has 0 atom stereocenters. The van der Waals surface area contributed by atoms with Crippen LogP contribution in [0.5, 0.6) is 0 Å². The van der Waals surface area contributed by atoms with Gasteiger partial charge >= 0.3 is 0 Å². The molecule has 0 aromatic rings. The van der Waals surface area contributed by atoms with E-state index in [9.17, 15) is 10.2 Å². The second-order valence-electron chi connectivity index (χ2n) is 8.63. The van der Waals surface area contributed by atoms with E-state index >= 15 is 0 Å². The Labute approximate surface area is 183 Å². The lowest BCUT2D eigenvalue weighted by Crippen LogP contribution is -2.52. The van der Waals surface area contributed by atoms with Crippen LogP contribution in [0.2, 0.25) is 0 Å². The SMILES string of the molecule is CCCCCCCCCCCC[N+](CCO)(CCO)CCCCCCCC.Cl. The molecule has 0 aliphatic rings. The van der Waals surface area contributed by atoms with Crippen LogP contribution in [0.4, 0.5) is 0 Å². The Balaban J connectivity index is 0. The van der Waals surface area contributed by atoms with Gasteiger partial charge < -0.3 is 14.7 Å². The number of quaternary nitrogens is 1. The molecule has 0 saturated carbocycles. The second kappa shape index (κ2) is 23.4. The molecule has 0 aliphatic heterocycles. The number of hydrogen-bond donors (Lipinski definition) is 2. The predicted octanol–water partition coefficient (Wildman–Crippen LogP) is 6.49. The Morgan fingerprint density at radius 2 is 0.714 bits per heavy atom. The topological polar surface area (TPSA) is 40.5 Å². The quantitative estimate of drug-likeness (QED) is 0.154. The molecule has 0 amide bonds. The van der Waals surface area contributed by atoms with Gasteiger partial charge in [0.15, 0.2) is 0 Å². The predicted molar refractivity (Wildman–Crippen MR) is 126 cm³/mol. The number of hydrogen-bond acceptors (Lipinski definition) is 2. The summed E-state index contributed by atoms with van der Waals surface area (Å²) in [6, 6.07) is 0. The molecule has 3 nitrogen and oxygen atoms in total. The molecule has 28 heavy (non-hydrogen) atoms. The Bertz CT molecular complexity index is 284. The summed E-state index contributed by atoms with van der Waals surface area (Å²) >= 11 is 0. The summed E-state index contributed by atoms with van der Waals surface area (Å²) in [7, 11) is 0. The van der Waals surface area contributed by atoms with Crippen LogP contribution >= 0.6 is 12.4 Å². The minimum Gasteiger partial charge on any atom is -0.391 e. The summed E-state index contributed by atoms with van der Waals surface area (Å²) in [4.78, 5) is 0. The van der Waals surface area contributed by atoms with Crippen LogP contribution in [-0.2, 0) is 0 Å². The maximum absolute atomic E-state index is 9.57. The molecule has 0 unspecified atom stereocenters. The van der Waals surface area contributed by atoms with E-state index in [2.05, 4.69) is 13.8 Å². The van der Waals surface area contributed by atoms with Crippen molar-refractivity contribution in [1.29, 1.82) is 0 Å². The fourth-order valence-corrected chi connectivity index (χ4v) is 4.26. The van der Waals surface area contributed by atoms with E-state index in [1.165, 1.54) is 103 Å². The first-order chi connectivity index (χ1) is 13.2. The minimum atomic E-state index is 0. The average Bonchev–Trinajstić information content (AvgIpc) is 2.66. The van der Waals surface area contributed by atoms with Gasteiger partial charge in [0.2, 0.25) is 0 Å². The normalized spacial score (nSPS) is 11.6. The van der Waals surface area contributed by atoms with Gasteiger partial charge in [-0.1, -0.05) is 90.9 Å². The van der Waals surface area contributed by atoms with Crippen molar-refractivity contribution in [1.82, 2.24) is 0 Å². The van der Waals surface area contributed by atoms with Gasteiger partial charge in [0, 0.05) is 0 Å². The minimum absolute atomic E-state index is 0. The summed E-state index contributed by atoms with van der Waals surface area (Å²) in [5.74, 6) is 0. The second-order valence-corrected chi connectivity index (χ2v) is 8.63. The van der Waals surface area contributed by atoms with E-state index < -0.39 is 0 Å². The van der Waals surface area contributed by atoms with Crippen molar-refractivity contribution in [3.8, 4) is 0 Å². The van der Waals surface area contributed by atoms with Gasteiger partial charge in [-0.15, -0.1) is 12.4 Å². The zero-order valence-electron chi connectivity index (χ0n) is 19.3. The first kappa shape index (κ1) is 30.4. The van der Waals surface area contributed by atoms with E-state index in [1.807, 2.05) is 0 Å². The van der Waals surface area contributed by atoms with E-state index in [4.69, 9.17) is 0 Å². The highest BCUT2D eigenvalue weighted by molar-refractivity contribution is 5.85. The molecule has 0 saturated heterocycles. The summed E-state index contributed by atoms with van der Waals surface area (Å²) in [6.07, 6.45) is 21.5. The maximum Gasteiger partial charge on any atom is 0.102 e. The average molecular weight is 423 g/mol. The number of aliphatic hydroxyl groups is 2. The van der Waals surface area contributed by atoms with Crippen LogP contribution in [0.25, 0.3) is 0 Å². The molecule has 2 N–H and O–H groups in total. The van der Waals surface area contributed by atoms with Crippen LogP contribution < -0.4 is 0 Å². The summed E-state index contributed by atoms with van der Waals surface area (Å²) < 4.78 is 0.928. The number of aliphatic hydroxyl groups excluding tert-OH is 2. The molecule has 0 rings (SSSR count). The maximum atomic E-state index is 9.57. The van der Waals surface area contributed by atoms with Gasteiger partial charge in [-0.3, -0.25) is 0 Å². The molecular formula is C24H53ClNO2+. The van der Waals surface area contributed by atoms with Crippen LogP contribution in [0.3, 0.4) is 0 Å². The van der Waals surface area contributed by atoms with Crippen molar-refractivity contribution < 1.29 is 14.7 Å². The van der Waals surface area contributed by atoms with Crippen LogP contribution in [-0.4, -0.2) is 54.1 Å². The number of nitrogens with zero attached hydrogens (tertiary/aromatic N) is 1. The Morgan fingerprint density at radius 1 is 0.429 bits per heavy atom. The third-order valence-electron chi connectivity index (χ3n) is 6.12. The number of halogens is 1. The molecular weight excluding hydrogens is 370 g/mol. The first-order valence-corrected chi connectivity index (χ1v) is 12.3. The van der Waals surface area contributed by atoms with Gasteiger partial charge in [-0.05, 0) is 25.7 Å². The summed E-state index contributed by atoms with van der Waals surface area (Å²) in [6.45, 7) is 8.91. The largest absolute Gasteiger partial charge is 0.391 e. The van der Waals surface area contributed by atoms with E-state index in [1.54, 1.807) is 0 Å². The van der Waals surface area contributed by atoms with Gasteiger partial charge in [0.25, 0.3) is 0 Å². The molecule has 0 heterocycles. The van der Waals surface area contributed by atoms with Crippen molar-refractivity contribution in [3.05, 3.63) is 0 Å². The molecule has 0 spiro atoms. The van der Waals surface area contributed by atoms with E-state index in [-0.39, 0.29) is 25.6 Å². The van der Waals surface area contributed by atoms with Crippen LogP contribution in [0, 0.1) is 0 Å². The highest BCUT2D eigenvalue weighted by Crippen LogP contribution is 2.16. The fraction of sp³-hybridized carbons (Fsp3) is 1.00. The molecule has 0 aliphatic carbocycles. The standard InChI is InChI=1S/C24H52NO2.ClH/c1-3-5-7-9-11-12-13-14-16-18-20-25(21-23-26,22-24-27)19-17-15-10-8-6-4-2;/h26-27H,3-24H2,1-2H3;1H/q+1;. The molecule has 0 bridgehead atoms. The Hall–Kier alpha value is 0.170. The molecule has 4 heteroatoms. The molecule has 172 valence electrons. The van der Waals surface area contributed by atoms with Gasteiger partial charge in [-0.2, -0.15) is 0 Å². The zero-order valence-corrected chi connectivity index (χ0v) is 20.1. The Kier molecular flexibility index (Phi) is 25.4. The Morgan fingerprint density at radius 3 is 1.00 bits per heavy atom. The molecule has 0 radical (unpaired) electrons. The smallest absolute Gasteiger partial charge is 0.102 e. The summed E-state index contributed by atoms with van der Waals surface area (Å²) in [5.41, 5.74) is 0. The number of rotatable bonds is 22. The lowest BCUT2D eigenvalue weighted by molar-refractivity contribution is -0.929. The van der Waals surface area contributed by atoms with Gasteiger partial charge in [0.1, 0.15) is 13.1 Å². The third-order valence-corrected chi connectivity index (χ3v) is 6.12. The third kappa shape index (κ3) is 18.2. The lowest BCUT2D eigenvalue weighted by atomic mass is 10.1. The van der Waals surface area contributed by atoms with Gasteiger partial charge in [0.05, 0.1) is 26.3 Å². The van der Waals surface area contributed by atoms with Crippen LogP contribution in [0.1, 0.15) is 117 Å². The van der Waals surface area contributed by atoms with Crippen LogP contribution in [0.15, 0.2) is 0 Å². The van der Waals surface area contributed by atoms with Gasteiger partial charge in [-0.25, -0.2) is 0 Å². The monoisotopic (exact) mass is 422 g/mol. The highest BCUT2D eigenvalue weighted by Gasteiger charge is 2.25.